The second-order valence-electron chi connectivity index (χ2n) is 6.77. The lowest BCUT2D eigenvalue weighted by molar-refractivity contribution is -0.137. The Hall–Kier alpha value is -1.87. The van der Waals surface area contributed by atoms with Crippen LogP contribution in [0.2, 0.25) is 10.0 Å². The molecular formula is C20H18Cl2F3N3OS. The van der Waals surface area contributed by atoms with Crippen LogP contribution in [0.15, 0.2) is 35.4 Å². The molecule has 0 aliphatic rings. The van der Waals surface area contributed by atoms with Gasteiger partial charge in [0.25, 0.3) is 0 Å². The van der Waals surface area contributed by atoms with Gasteiger partial charge < -0.3 is 10.8 Å². The van der Waals surface area contributed by atoms with Crippen LogP contribution in [0.5, 0.6) is 0 Å². The van der Waals surface area contributed by atoms with Crippen LogP contribution in [0.1, 0.15) is 33.9 Å². The summed E-state index contributed by atoms with van der Waals surface area (Å²) in [5, 5.41) is 15.3. The largest absolute Gasteiger partial charge is 0.416 e. The fourth-order valence-electron chi connectivity index (χ4n) is 3.14. The van der Waals surface area contributed by atoms with Gasteiger partial charge in [0.2, 0.25) is 0 Å². The number of alkyl halides is 3. The quantitative estimate of drug-likeness (QED) is 0.440. The van der Waals surface area contributed by atoms with Crippen molar-refractivity contribution in [3.8, 4) is 5.69 Å². The zero-order valence-corrected chi connectivity index (χ0v) is 18.5. The Morgan fingerprint density at radius 2 is 1.73 bits per heavy atom. The highest BCUT2D eigenvalue weighted by atomic mass is 35.5. The van der Waals surface area contributed by atoms with Crippen molar-refractivity contribution < 1.29 is 18.3 Å². The van der Waals surface area contributed by atoms with Crippen molar-refractivity contribution in [1.82, 2.24) is 9.78 Å². The average molecular weight is 476 g/mol. The van der Waals surface area contributed by atoms with E-state index in [1.54, 1.807) is 6.26 Å². The molecule has 1 aromatic heterocycles. The number of hydrogen-bond acceptors (Lipinski definition) is 4. The molecule has 0 spiro atoms. The van der Waals surface area contributed by atoms with E-state index in [4.69, 9.17) is 28.9 Å². The molecular weight excluding hydrogens is 458 g/mol. The molecule has 1 unspecified atom stereocenters. The topological polar surface area (TPSA) is 64.1 Å². The smallest absolute Gasteiger partial charge is 0.383 e. The Morgan fingerprint density at radius 1 is 1.13 bits per heavy atom. The molecule has 2 aromatic carbocycles. The second-order valence-corrected chi connectivity index (χ2v) is 8.38. The summed E-state index contributed by atoms with van der Waals surface area (Å²) in [7, 11) is 0. The molecule has 1 heterocycles. The fraction of sp³-hybridized carbons (Fsp3) is 0.250. The molecule has 0 amide bonds. The molecule has 0 aliphatic heterocycles. The van der Waals surface area contributed by atoms with Gasteiger partial charge in [-0.2, -0.15) is 18.3 Å². The summed E-state index contributed by atoms with van der Waals surface area (Å²) < 4.78 is 40.3. The maximum Gasteiger partial charge on any atom is 0.416 e. The first-order valence-corrected chi connectivity index (χ1v) is 10.7. The Bertz CT molecular complexity index is 1090. The summed E-state index contributed by atoms with van der Waals surface area (Å²) in [6.45, 7) is 3.76. The van der Waals surface area contributed by atoms with Crippen LogP contribution in [0, 0.1) is 13.8 Å². The molecule has 0 aliphatic carbocycles. The van der Waals surface area contributed by atoms with Gasteiger partial charge in [-0.25, -0.2) is 4.68 Å². The minimum absolute atomic E-state index is 0.0125. The van der Waals surface area contributed by atoms with E-state index in [9.17, 15) is 18.3 Å². The lowest BCUT2D eigenvalue weighted by Gasteiger charge is -2.16. The highest BCUT2D eigenvalue weighted by Crippen LogP contribution is 2.41. The molecule has 0 radical (unpaired) electrons. The van der Waals surface area contributed by atoms with Gasteiger partial charge in [0.1, 0.15) is 22.6 Å². The van der Waals surface area contributed by atoms with E-state index < -0.39 is 17.8 Å². The minimum atomic E-state index is -4.60. The van der Waals surface area contributed by atoms with Crippen molar-refractivity contribution in [2.75, 3.05) is 12.0 Å². The van der Waals surface area contributed by atoms with Crippen molar-refractivity contribution in [2.24, 2.45) is 0 Å². The highest BCUT2D eigenvalue weighted by Gasteiger charge is 2.33. The molecule has 3 rings (SSSR count). The first-order chi connectivity index (χ1) is 14.0. The number of nitrogens with zero attached hydrogens (tertiary/aromatic N) is 2. The molecule has 30 heavy (non-hydrogen) atoms. The van der Waals surface area contributed by atoms with Gasteiger partial charge in [-0.1, -0.05) is 47.0 Å². The Kier molecular flexibility index (Phi) is 6.34. The number of nitrogen functional groups attached to an aromatic ring is 1. The number of halogens is 5. The number of nitrogens with two attached hydrogens (primary N) is 1. The van der Waals surface area contributed by atoms with E-state index in [1.165, 1.54) is 16.4 Å². The Balaban J connectivity index is 2.19. The Morgan fingerprint density at radius 3 is 2.27 bits per heavy atom. The lowest BCUT2D eigenvalue weighted by Crippen LogP contribution is -2.10. The number of thioether (sulfide) groups is 1. The number of aromatic nitrogens is 2. The fourth-order valence-corrected chi connectivity index (χ4v) is 4.39. The van der Waals surface area contributed by atoms with E-state index >= 15 is 0 Å². The third kappa shape index (κ3) is 4.14. The number of rotatable bonds is 4. The van der Waals surface area contributed by atoms with Gasteiger partial charge in [0, 0.05) is 0 Å². The van der Waals surface area contributed by atoms with Crippen LogP contribution in [0.4, 0.5) is 19.0 Å². The van der Waals surface area contributed by atoms with Crippen molar-refractivity contribution in [3.63, 3.8) is 0 Å². The molecule has 0 bridgehead atoms. The van der Waals surface area contributed by atoms with Crippen molar-refractivity contribution in [2.45, 2.75) is 31.2 Å². The van der Waals surface area contributed by atoms with E-state index in [2.05, 4.69) is 5.10 Å². The van der Waals surface area contributed by atoms with E-state index in [-0.39, 0.29) is 21.6 Å². The van der Waals surface area contributed by atoms with Crippen LogP contribution >= 0.6 is 35.0 Å². The van der Waals surface area contributed by atoms with Crippen LogP contribution in [-0.2, 0) is 6.18 Å². The minimum Gasteiger partial charge on any atom is -0.383 e. The molecule has 4 nitrogen and oxygen atoms in total. The average Bonchev–Trinajstić information content (AvgIpc) is 2.98. The third-order valence-corrected chi connectivity index (χ3v) is 5.94. The van der Waals surface area contributed by atoms with Gasteiger partial charge in [-0.15, -0.1) is 11.8 Å². The first-order valence-electron chi connectivity index (χ1n) is 8.70. The van der Waals surface area contributed by atoms with Crippen molar-refractivity contribution in [3.05, 3.63) is 68.2 Å². The predicted molar refractivity (Wildman–Crippen MR) is 115 cm³/mol. The molecule has 10 heteroatoms. The maximum absolute atomic E-state index is 13.0. The normalized spacial score (nSPS) is 13.0. The number of benzene rings is 2. The lowest BCUT2D eigenvalue weighted by atomic mass is 9.97. The summed E-state index contributed by atoms with van der Waals surface area (Å²) in [5.74, 6) is 0.0383. The standard InChI is InChI=1S/C20H18Cl2F3N3OS/c1-9-4-5-10(2)12(6-9)17(29)15-18(26)28(27-19(15)30-3)16-13(21)7-11(8-14(16)22)20(23,24)25/h4-8,17,29H,26H2,1-3H3. The molecule has 3 aromatic rings. The third-order valence-electron chi connectivity index (χ3n) is 4.68. The van der Waals surface area contributed by atoms with Crippen molar-refractivity contribution >= 4 is 40.8 Å². The summed E-state index contributed by atoms with van der Waals surface area (Å²) in [5.41, 5.74) is 8.13. The number of aryl methyl sites for hydroxylation is 2. The zero-order valence-electron chi connectivity index (χ0n) is 16.2. The molecule has 0 fully saturated rings. The summed E-state index contributed by atoms with van der Waals surface area (Å²) in [4.78, 5) is 0. The number of anilines is 1. The maximum atomic E-state index is 13.0. The molecule has 1 atom stereocenters. The van der Waals surface area contributed by atoms with E-state index in [0.717, 1.165) is 23.3 Å². The second kappa shape index (κ2) is 8.34. The summed E-state index contributed by atoms with van der Waals surface area (Å²) >= 11 is 13.5. The molecule has 3 N–H and O–H groups in total. The number of aliphatic hydroxyl groups is 1. The predicted octanol–water partition coefficient (Wildman–Crippen LogP) is 6.20. The molecule has 0 saturated heterocycles. The highest BCUT2D eigenvalue weighted by molar-refractivity contribution is 7.98. The van der Waals surface area contributed by atoms with Gasteiger partial charge in [0.15, 0.2) is 0 Å². The van der Waals surface area contributed by atoms with Crippen LogP contribution in [0.25, 0.3) is 5.69 Å². The van der Waals surface area contributed by atoms with Crippen LogP contribution in [-0.4, -0.2) is 21.1 Å². The van der Waals surface area contributed by atoms with Gasteiger partial charge >= 0.3 is 6.18 Å². The summed E-state index contributed by atoms with van der Waals surface area (Å²) in [6, 6.07) is 7.19. The van der Waals surface area contributed by atoms with Crippen LogP contribution in [0.3, 0.4) is 0 Å². The summed E-state index contributed by atoms with van der Waals surface area (Å²) in [6.07, 6.45) is -3.94. The number of aliphatic hydroxyl groups excluding tert-OH is 1. The first kappa shape index (κ1) is 22.8. The van der Waals surface area contributed by atoms with Gasteiger partial charge in [-0.05, 0) is 43.4 Å². The number of hydrogen-bond donors (Lipinski definition) is 2. The Labute approximate surface area is 185 Å². The monoisotopic (exact) mass is 475 g/mol. The van der Waals surface area contributed by atoms with Gasteiger partial charge in [-0.3, -0.25) is 0 Å². The zero-order chi connectivity index (χ0) is 22.4. The van der Waals surface area contributed by atoms with E-state index in [0.29, 0.717) is 16.2 Å². The SMILES string of the molecule is CSc1nn(-c2c(Cl)cc(C(F)(F)F)cc2Cl)c(N)c1C(O)c1cc(C)ccc1C. The van der Waals surface area contributed by atoms with Crippen LogP contribution < -0.4 is 5.73 Å². The van der Waals surface area contributed by atoms with E-state index in [1.807, 2.05) is 32.0 Å². The van der Waals surface area contributed by atoms with Gasteiger partial charge in [0.05, 0.1) is 21.2 Å². The molecule has 0 saturated carbocycles. The van der Waals surface area contributed by atoms with Crippen molar-refractivity contribution in [1.29, 1.82) is 0 Å². The molecule has 160 valence electrons.